The van der Waals surface area contributed by atoms with Crippen molar-refractivity contribution in [2.24, 2.45) is 0 Å². The number of benzene rings is 2. The summed E-state index contributed by atoms with van der Waals surface area (Å²) in [7, 11) is 0. The number of hydrogen-bond donors (Lipinski definition) is 3. The minimum Gasteiger partial charge on any atom is -0.396 e. The first-order chi connectivity index (χ1) is 10.9. The van der Waals surface area contributed by atoms with Gasteiger partial charge in [0, 0.05) is 27.8 Å². The fraction of sp³-hybridized carbons (Fsp3) is 0.118. The van der Waals surface area contributed by atoms with Crippen molar-refractivity contribution in [3.8, 4) is 0 Å². The van der Waals surface area contributed by atoms with Crippen LogP contribution in [0.15, 0.2) is 30.3 Å². The van der Waals surface area contributed by atoms with Crippen LogP contribution in [0, 0.1) is 13.8 Å². The molecule has 0 unspecified atom stereocenters. The van der Waals surface area contributed by atoms with Crippen LogP contribution in [0.5, 0.6) is 0 Å². The Balaban J connectivity index is 1.93. The summed E-state index contributed by atoms with van der Waals surface area (Å²) < 4.78 is 0. The monoisotopic (exact) mass is 347 g/mol. The Labute approximate surface area is 143 Å². The second kappa shape index (κ2) is 5.80. The molecule has 0 spiro atoms. The molecule has 0 atom stereocenters. The third kappa shape index (κ3) is 2.87. The first-order valence-electron chi connectivity index (χ1n) is 7.01. The number of amides is 1. The number of fused-ring (bicyclic) bond motifs is 1. The van der Waals surface area contributed by atoms with Crippen molar-refractivity contribution in [3.63, 3.8) is 0 Å². The molecule has 0 fully saturated rings. The average Bonchev–Trinajstić information content (AvgIpc) is 2.79. The van der Waals surface area contributed by atoms with Crippen molar-refractivity contribution >= 4 is 51.4 Å². The Hall–Kier alpha value is -2.17. The van der Waals surface area contributed by atoms with Gasteiger partial charge in [-0.3, -0.25) is 4.79 Å². The number of aromatic amines is 1. The molecular formula is C17H15Cl2N3O. The number of aryl methyl sites for hydroxylation is 2. The predicted octanol–water partition coefficient (Wildman–Crippen LogP) is 4.93. The molecule has 0 aliphatic rings. The van der Waals surface area contributed by atoms with Crippen molar-refractivity contribution in [2.75, 3.05) is 11.1 Å². The molecule has 118 valence electrons. The van der Waals surface area contributed by atoms with Gasteiger partial charge in [-0.2, -0.15) is 0 Å². The van der Waals surface area contributed by atoms with Crippen molar-refractivity contribution in [3.05, 3.63) is 57.2 Å². The molecule has 0 saturated heterocycles. The van der Waals surface area contributed by atoms with Crippen LogP contribution < -0.4 is 11.1 Å². The Bertz CT molecular complexity index is 908. The number of nitrogen functional groups attached to an aromatic ring is 1. The standard InChI is InChI=1S/C17H15Cl2N3O/c1-8-9(2)21-15-4-3-10(5-12(8)15)17(23)22-11-6-13(18)16(20)14(19)7-11/h3-7,21H,20H2,1-2H3,(H,22,23). The van der Waals surface area contributed by atoms with Crippen LogP contribution >= 0.6 is 23.2 Å². The SMILES string of the molecule is Cc1[nH]c2ccc(C(=O)Nc3cc(Cl)c(N)c(Cl)c3)cc2c1C. The highest BCUT2D eigenvalue weighted by atomic mass is 35.5. The number of halogens is 2. The minimum absolute atomic E-state index is 0.234. The van der Waals surface area contributed by atoms with Crippen LogP contribution in [0.4, 0.5) is 11.4 Å². The molecule has 0 aliphatic heterocycles. The van der Waals surface area contributed by atoms with Gasteiger partial charge in [0.15, 0.2) is 0 Å². The van der Waals surface area contributed by atoms with Crippen molar-refractivity contribution < 1.29 is 4.79 Å². The van der Waals surface area contributed by atoms with Crippen molar-refractivity contribution in [1.82, 2.24) is 4.98 Å². The van der Waals surface area contributed by atoms with E-state index in [0.29, 0.717) is 27.0 Å². The topological polar surface area (TPSA) is 70.9 Å². The number of H-pyrrole nitrogens is 1. The normalized spacial score (nSPS) is 11.0. The number of rotatable bonds is 2. The molecule has 4 N–H and O–H groups in total. The van der Waals surface area contributed by atoms with Gasteiger partial charge >= 0.3 is 0 Å². The number of nitrogens with two attached hydrogens (primary N) is 1. The Kier molecular flexibility index (Phi) is 3.96. The molecule has 3 rings (SSSR count). The molecular weight excluding hydrogens is 333 g/mol. The number of nitrogens with one attached hydrogen (secondary N) is 2. The van der Waals surface area contributed by atoms with E-state index in [2.05, 4.69) is 10.3 Å². The smallest absolute Gasteiger partial charge is 0.255 e. The molecule has 2 aromatic carbocycles. The lowest BCUT2D eigenvalue weighted by Crippen LogP contribution is -2.12. The van der Waals surface area contributed by atoms with Gasteiger partial charge in [-0.1, -0.05) is 23.2 Å². The van der Waals surface area contributed by atoms with Crippen molar-refractivity contribution in [1.29, 1.82) is 0 Å². The number of carbonyl (C=O) groups is 1. The second-order valence-corrected chi connectivity index (χ2v) is 6.26. The largest absolute Gasteiger partial charge is 0.396 e. The van der Waals surface area contributed by atoms with E-state index < -0.39 is 0 Å². The summed E-state index contributed by atoms with van der Waals surface area (Å²) in [4.78, 5) is 15.7. The third-order valence-electron chi connectivity index (χ3n) is 3.91. The fourth-order valence-electron chi connectivity index (χ4n) is 2.46. The minimum atomic E-state index is -0.234. The molecule has 0 aliphatic carbocycles. The lowest BCUT2D eigenvalue weighted by atomic mass is 10.1. The molecule has 0 saturated carbocycles. The Morgan fingerprint density at radius 1 is 1.13 bits per heavy atom. The molecule has 3 aromatic rings. The maximum absolute atomic E-state index is 12.4. The highest BCUT2D eigenvalue weighted by molar-refractivity contribution is 6.39. The van der Waals surface area contributed by atoms with Gasteiger partial charge in [0.05, 0.1) is 15.7 Å². The molecule has 1 heterocycles. The molecule has 0 radical (unpaired) electrons. The first kappa shape index (κ1) is 15.7. The Morgan fingerprint density at radius 3 is 2.43 bits per heavy atom. The zero-order chi connectivity index (χ0) is 16.7. The summed E-state index contributed by atoms with van der Waals surface area (Å²) >= 11 is 12.0. The molecule has 0 bridgehead atoms. The van der Waals surface area contributed by atoms with Crippen LogP contribution in [-0.2, 0) is 0 Å². The van der Waals surface area contributed by atoms with E-state index >= 15 is 0 Å². The summed E-state index contributed by atoms with van der Waals surface area (Å²) in [5.74, 6) is -0.234. The van der Waals surface area contributed by atoms with E-state index in [9.17, 15) is 4.79 Å². The van der Waals surface area contributed by atoms with Gasteiger partial charge in [-0.05, 0) is 49.7 Å². The summed E-state index contributed by atoms with van der Waals surface area (Å²) in [6, 6.07) is 8.68. The molecule has 1 amide bonds. The second-order valence-electron chi connectivity index (χ2n) is 5.44. The molecule has 4 nitrogen and oxygen atoms in total. The van der Waals surface area contributed by atoms with E-state index in [-0.39, 0.29) is 5.91 Å². The number of carbonyl (C=O) groups excluding carboxylic acids is 1. The van der Waals surface area contributed by atoms with Crippen LogP contribution in [0.2, 0.25) is 10.0 Å². The predicted molar refractivity (Wildman–Crippen MR) is 96.6 cm³/mol. The molecule has 1 aromatic heterocycles. The summed E-state index contributed by atoms with van der Waals surface area (Å²) in [6.07, 6.45) is 0. The van der Waals surface area contributed by atoms with Gasteiger partial charge < -0.3 is 16.0 Å². The van der Waals surface area contributed by atoms with E-state index in [1.54, 1.807) is 18.2 Å². The highest BCUT2D eigenvalue weighted by Crippen LogP contribution is 2.31. The number of anilines is 2. The molecule has 23 heavy (non-hydrogen) atoms. The number of aromatic nitrogens is 1. The maximum Gasteiger partial charge on any atom is 0.255 e. The van der Waals surface area contributed by atoms with Crippen LogP contribution in [0.1, 0.15) is 21.6 Å². The van der Waals surface area contributed by atoms with Crippen LogP contribution in [0.25, 0.3) is 10.9 Å². The van der Waals surface area contributed by atoms with Gasteiger partial charge in [0.25, 0.3) is 5.91 Å². The fourth-order valence-corrected chi connectivity index (χ4v) is 2.95. The van der Waals surface area contributed by atoms with Gasteiger partial charge in [-0.25, -0.2) is 0 Å². The van der Waals surface area contributed by atoms with E-state index in [4.69, 9.17) is 28.9 Å². The van der Waals surface area contributed by atoms with E-state index in [0.717, 1.165) is 22.2 Å². The van der Waals surface area contributed by atoms with Gasteiger partial charge in [-0.15, -0.1) is 0 Å². The van der Waals surface area contributed by atoms with E-state index in [1.165, 1.54) is 0 Å². The van der Waals surface area contributed by atoms with Crippen LogP contribution in [0.3, 0.4) is 0 Å². The summed E-state index contributed by atoms with van der Waals surface area (Å²) in [5.41, 5.74) is 10.3. The molecule has 6 heteroatoms. The zero-order valence-electron chi connectivity index (χ0n) is 12.6. The quantitative estimate of drug-likeness (QED) is 0.575. The average molecular weight is 348 g/mol. The van der Waals surface area contributed by atoms with Gasteiger partial charge in [0.2, 0.25) is 0 Å². The lowest BCUT2D eigenvalue weighted by Gasteiger charge is -2.09. The zero-order valence-corrected chi connectivity index (χ0v) is 14.1. The Morgan fingerprint density at radius 2 is 1.78 bits per heavy atom. The highest BCUT2D eigenvalue weighted by Gasteiger charge is 2.12. The summed E-state index contributed by atoms with van der Waals surface area (Å²) in [5, 5.41) is 4.43. The summed E-state index contributed by atoms with van der Waals surface area (Å²) in [6.45, 7) is 4.03. The first-order valence-corrected chi connectivity index (χ1v) is 7.77. The third-order valence-corrected chi connectivity index (χ3v) is 4.53. The lowest BCUT2D eigenvalue weighted by molar-refractivity contribution is 0.102. The maximum atomic E-state index is 12.4. The van der Waals surface area contributed by atoms with E-state index in [1.807, 2.05) is 26.0 Å². The van der Waals surface area contributed by atoms with Crippen LogP contribution in [-0.4, -0.2) is 10.9 Å². The van der Waals surface area contributed by atoms with Crippen molar-refractivity contribution in [2.45, 2.75) is 13.8 Å². The van der Waals surface area contributed by atoms with Gasteiger partial charge in [0.1, 0.15) is 0 Å². The number of hydrogen-bond acceptors (Lipinski definition) is 2.